The van der Waals surface area contributed by atoms with Crippen LogP contribution in [0.4, 0.5) is 0 Å². The SMILES string of the molecule is CCC(C)(NC(=O)c1csc(S(N)(=O)=O)c1)C(=O)O. The number of primary sulfonamides is 1. The standard InChI is InChI=1S/C10H14N2O5S2/c1-3-10(2,9(14)15)12-8(13)6-4-7(18-5-6)19(11,16)17/h4-5H,3H2,1-2H3,(H,12,13)(H,14,15)(H2,11,16,17). The molecule has 9 heteroatoms. The third-order valence-corrected chi connectivity index (χ3v) is 5.07. The van der Waals surface area contributed by atoms with Gasteiger partial charge >= 0.3 is 5.97 Å². The topological polar surface area (TPSA) is 127 Å². The van der Waals surface area contributed by atoms with Crippen molar-refractivity contribution in [3.63, 3.8) is 0 Å². The molecule has 1 aromatic heterocycles. The van der Waals surface area contributed by atoms with E-state index in [0.29, 0.717) is 0 Å². The van der Waals surface area contributed by atoms with Crippen LogP contribution in [0.2, 0.25) is 0 Å². The van der Waals surface area contributed by atoms with Crippen molar-refractivity contribution in [2.24, 2.45) is 5.14 Å². The fourth-order valence-corrected chi connectivity index (χ4v) is 2.79. The average molecular weight is 306 g/mol. The highest BCUT2D eigenvalue weighted by molar-refractivity contribution is 7.91. The van der Waals surface area contributed by atoms with E-state index in [2.05, 4.69) is 5.32 Å². The minimum absolute atomic E-state index is 0.0648. The van der Waals surface area contributed by atoms with Crippen molar-refractivity contribution >= 4 is 33.2 Å². The molecule has 0 spiro atoms. The van der Waals surface area contributed by atoms with E-state index >= 15 is 0 Å². The summed E-state index contributed by atoms with van der Waals surface area (Å²) >= 11 is 0.806. The van der Waals surface area contributed by atoms with E-state index < -0.39 is 27.4 Å². The first-order chi connectivity index (χ1) is 8.60. The number of carboxylic acid groups (broad SMARTS) is 1. The summed E-state index contributed by atoms with van der Waals surface area (Å²) in [6, 6.07) is 1.12. The molecule has 0 fully saturated rings. The third-order valence-electron chi connectivity index (χ3n) is 2.69. The quantitative estimate of drug-likeness (QED) is 0.724. The Bertz CT molecular complexity index is 607. The number of sulfonamides is 1. The van der Waals surface area contributed by atoms with E-state index in [1.807, 2.05) is 0 Å². The van der Waals surface area contributed by atoms with Gasteiger partial charge in [-0.15, -0.1) is 11.3 Å². The average Bonchev–Trinajstić information content (AvgIpc) is 2.77. The van der Waals surface area contributed by atoms with E-state index in [1.54, 1.807) is 6.92 Å². The highest BCUT2D eigenvalue weighted by Crippen LogP contribution is 2.20. The van der Waals surface area contributed by atoms with Crippen LogP contribution in [0, 0.1) is 0 Å². The molecule has 0 aliphatic heterocycles. The second-order valence-electron chi connectivity index (χ2n) is 4.14. The van der Waals surface area contributed by atoms with Gasteiger partial charge in [-0.05, 0) is 19.4 Å². The number of thiophene rings is 1. The molecule has 1 rings (SSSR count). The van der Waals surface area contributed by atoms with Crippen LogP contribution in [0.15, 0.2) is 15.7 Å². The van der Waals surface area contributed by atoms with Gasteiger partial charge in [-0.25, -0.2) is 18.4 Å². The van der Waals surface area contributed by atoms with Crippen LogP contribution in [0.1, 0.15) is 30.6 Å². The molecule has 0 saturated carbocycles. The number of aliphatic carboxylic acids is 1. The second kappa shape index (κ2) is 5.27. The minimum atomic E-state index is -3.86. The molecule has 1 amide bonds. The van der Waals surface area contributed by atoms with Crippen LogP contribution in [-0.2, 0) is 14.8 Å². The van der Waals surface area contributed by atoms with Crippen molar-refractivity contribution in [3.05, 3.63) is 17.0 Å². The molecule has 0 bridgehead atoms. The van der Waals surface area contributed by atoms with E-state index in [1.165, 1.54) is 12.3 Å². The van der Waals surface area contributed by atoms with Gasteiger partial charge in [-0.2, -0.15) is 0 Å². The van der Waals surface area contributed by atoms with Crippen molar-refractivity contribution < 1.29 is 23.1 Å². The Hall–Kier alpha value is -1.45. The van der Waals surface area contributed by atoms with Gasteiger partial charge in [0.15, 0.2) is 0 Å². The van der Waals surface area contributed by atoms with E-state index in [-0.39, 0.29) is 16.2 Å². The first-order valence-electron chi connectivity index (χ1n) is 5.27. The summed E-state index contributed by atoms with van der Waals surface area (Å²) < 4.78 is 22.0. The van der Waals surface area contributed by atoms with Gasteiger partial charge in [0.05, 0.1) is 5.56 Å². The number of hydrogen-bond acceptors (Lipinski definition) is 5. The van der Waals surface area contributed by atoms with Gasteiger partial charge in [0, 0.05) is 5.38 Å². The Balaban J connectivity index is 2.97. The normalized spacial score (nSPS) is 14.7. The molecule has 0 radical (unpaired) electrons. The first kappa shape index (κ1) is 15.6. The molecule has 1 heterocycles. The molecule has 4 N–H and O–H groups in total. The van der Waals surface area contributed by atoms with E-state index in [9.17, 15) is 18.0 Å². The molecule has 19 heavy (non-hydrogen) atoms. The molecule has 0 aliphatic carbocycles. The molecule has 0 saturated heterocycles. The van der Waals surface area contributed by atoms with Crippen LogP contribution in [0.3, 0.4) is 0 Å². The largest absolute Gasteiger partial charge is 0.480 e. The zero-order valence-corrected chi connectivity index (χ0v) is 12.0. The molecule has 1 unspecified atom stereocenters. The second-order valence-corrected chi connectivity index (χ2v) is 6.84. The highest BCUT2D eigenvalue weighted by atomic mass is 32.2. The molecular formula is C10H14N2O5S2. The molecule has 0 aromatic carbocycles. The Morgan fingerprint density at radius 1 is 1.53 bits per heavy atom. The number of hydrogen-bond donors (Lipinski definition) is 3. The zero-order valence-electron chi connectivity index (χ0n) is 10.3. The lowest BCUT2D eigenvalue weighted by Gasteiger charge is -2.24. The molecule has 7 nitrogen and oxygen atoms in total. The summed E-state index contributed by atoms with van der Waals surface area (Å²) in [5.41, 5.74) is -1.34. The van der Waals surface area contributed by atoms with E-state index in [4.69, 9.17) is 10.2 Å². The predicted octanol–water partition coefficient (Wildman–Crippen LogP) is 0.379. The lowest BCUT2D eigenvalue weighted by molar-refractivity contribution is -0.143. The van der Waals surface area contributed by atoms with Crippen LogP contribution in [-0.4, -0.2) is 30.9 Å². The summed E-state index contributed by atoms with van der Waals surface area (Å²) in [6.45, 7) is 3.00. The first-order valence-corrected chi connectivity index (χ1v) is 7.70. The maximum Gasteiger partial charge on any atom is 0.329 e. The number of carbonyl (C=O) groups is 2. The highest BCUT2D eigenvalue weighted by Gasteiger charge is 2.33. The summed E-state index contributed by atoms with van der Waals surface area (Å²) in [4.78, 5) is 22.9. The minimum Gasteiger partial charge on any atom is -0.480 e. The zero-order chi connectivity index (χ0) is 14.8. The molecule has 106 valence electrons. The van der Waals surface area contributed by atoms with Gasteiger partial charge in [0.2, 0.25) is 10.0 Å². The number of amides is 1. The molecule has 1 atom stereocenters. The predicted molar refractivity (Wildman–Crippen MR) is 69.5 cm³/mol. The summed E-state index contributed by atoms with van der Waals surface area (Å²) in [7, 11) is -3.86. The van der Waals surface area contributed by atoms with Gasteiger partial charge in [0.1, 0.15) is 9.75 Å². The van der Waals surface area contributed by atoms with Crippen LogP contribution in [0.5, 0.6) is 0 Å². The fourth-order valence-electron chi connectivity index (χ4n) is 1.20. The number of nitrogens with one attached hydrogen (secondary N) is 1. The number of nitrogens with two attached hydrogens (primary N) is 1. The molecule has 0 aliphatic rings. The number of carboxylic acids is 1. The van der Waals surface area contributed by atoms with Crippen molar-refractivity contribution in [1.29, 1.82) is 0 Å². The van der Waals surface area contributed by atoms with Crippen LogP contribution >= 0.6 is 11.3 Å². The third kappa shape index (κ3) is 3.52. The van der Waals surface area contributed by atoms with Crippen molar-refractivity contribution in [2.45, 2.75) is 30.0 Å². The number of carbonyl (C=O) groups excluding carboxylic acids is 1. The van der Waals surface area contributed by atoms with Crippen molar-refractivity contribution in [3.8, 4) is 0 Å². The Labute approximate surface area is 114 Å². The van der Waals surface area contributed by atoms with Gasteiger partial charge < -0.3 is 10.4 Å². The molecular weight excluding hydrogens is 292 g/mol. The van der Waals surface area contributed by atoms with Crippen LogP contribution < -0.4 is 10.5 Å². The summed E-state index contributed by atoms with van der Waals surface area (Å²) in [6.07, 6.45) is 0.195. The Morgan fingerprint density at radius 2 is 2.11 bits per heavy atom. The Kier molecular flexibility index (Phi) is 4.33. The smallest absolute Gasteiger partial charge is 0.329 e. The maximum atomic E-state index is 11.9. The van der Waals surface area contributed by atoms with E-state index in [0.717, 1.165) is 17.4 Å². The lowest BCUT2D eigenvalue weighted by atomic mass is 9.99. The molecule has 1 aromatic rings. The summed E-state index contributed by atoms with van der Waals surface area (Å²) in [5.74, 6) is -1.82. The van der Waals surface area contributed by atoms with Crippen molar-refractivity contribution in [2.75, 3.05) is 0 Å². The monoisotopic (exact) mass is 306 g/mol. The number of rotatable bonds is 5. The fraction of sp³-hybridized carbons (Fsp3) is 0.400. The van der Waals surface area contributed by atoms with Crippen molar-refractivity contribution in [1.82, 2.24) is 5.32 Å². The maximum absolute atomic E-state index is 11.9. The van der Waals surface area contributed by atoms with Gasteiger partial charge in [0.25, 0.3) is 5.91 Å². The summed E-state index contributed by atoms with van der Waals surface area (Å²) in [5, 5.41) is 17.6. The lowest BCUT2D eigenvalue weighted by Crippen LogP contribution is -2.51. The van der Waals surface area contributed by atoms with Gasteiger partial charge in [-0.3, -0.25) is 4.79 Å². The van der Waals surface area contributed by atoms with Crippen LogP contribution in [0.25, 0.3) is 0 Å². The van der Waals surface area contributed by atoms with Gasteiger partial charge in [-0.1, -0.05) is 6.92 Å². The Morgan fingerprint density at radius 3 is 2.47 bits per heavy atom.